The van der Waals surface area contributed by atoms with Crippen molar-refractivity contribution in [2.24, 2.45) is 5.73 Å². The summed E-state index contributed by atoms with van der Waals surface area (Å²) in [6.07, 6.45) is -23.5. The largest absolute Gasteiger partial charge is 0.394 e. The molecule has 0 aromatic carbocycles. The fraction of sp³-hybridized carbons (Fsp3) is 0.481. The molecular formula is C81H113N15O30Ru. The maximum atomic E-state index is 14.5. The number of amides is 10. The van der Waals surface area contributed by atoms with Gasteiger partial charge in [-0.25, -0.2) is 0 Å². The predicted octanol–water partition coefficient (Wildman–Crippen LogP) is -10.4. The Morgan fingerprint density at radius 3 is 0.976 bits per heavy atom. The van der Waals surface area contributed by atoms with Crippen LogP contribution in [-0.2, 0) is 73.8 Å². The number of pyridine rings is 6. The summed E-state index contributed by atoms with van der Waals surface area (Å²) in [6.45, 7) is -4.79. The number of aryl methyl sites for hydroxylation is 2. The van der Waals surface area contributed by atoms with E-state index in [0.717, 1.165) is 39.8 Å². The van der Waals surface area contributed by atoms with Gasteiger partial charge in [0.25, 0.3) is 11.8 Å². The van der Waals surface area contributed by atoms with Crippen molar-refractivity contribution in [1.29, 1.82) is 0 Å². The molecule has 0 radical (unpaired) electrons. The van der Waals surface area contributed by atoms with Crippen LogP contribution in [-0.4, -0.2) is 370 Å². The molecule has 29 N–H and O–H groups in total. The van der Waals surface area contributed by atoms with Crippen LogP contribution in [0.1, 0.15) is 68.9 Å². The normalized spacial score (nSPS) is 16.6. The Labute approximate surface area is 740 Å². The molecule has 7 rings (SSSR count). The standard InChI is InChI=1S/C55H90N10O30.2C10H8N2.C6H7N.Ru/c56-50(90)25(8-3-4-15-58-31(76)9-2-1-5-18-65-33(78)11-12-34(65)79)59-51(91)36(46(86)41(81)27(72)20-67)61-53(93)38(48(88)43(83)29(74)22-69)63-55(95)39(49(89)44(84)30(75)23-70)64-54(94)37(47(87)42(82)28(73)21-68)62-52(92)35(45(85)40(80)26(71)19-66)60-32(77)10-6-7-24-13-16-57-17-14-24;2*1-3-7-11-9(5-1)10-6-2-4-8-12-10;1-6-2-4-7-5-3-6;/h11-14,16-17,25-30,35-49,66-75,80-89H,1-10,15,18-23H2,(H2,56,90)(H,58,76)(H,59,91)(H,60,77)(H,61,93)(H,62,92)(H,63,95)(H,64,94);2*1-8H;2-5H,1H3;. The van der Waals surface area contributed by atoms with E-state index in [1.165, 1.54) is 18.0 Å². The second kappa shape index (κ2) is 59.4. The van der Waals surface area contributed by atoms with Crippen LogP contribution in [0.5, 0.6) is 0 Å². The number of nitrogens with zero attached hydrogens (tertiary/aromatic N) is 7. The summed E-state index contributed by atoms with van der Waals surface area (Å²) in [5.41, 5.74) is 11.1. The number of hydrogen-bond donors (Lipinski definition) is 28. The van der Waals surface area contributed by atoms with Gasteiger partial charge in [0, 0.05) is 107 Å². The Hall–Kier alpha value is -10.6. The van der Waals surface area contributed by atoms with Crippen LogP contribution in [0.4, 0.5) is 0 Å². The number of nitrogens with two attached hydrogens (primary N) is 1. The molecule has 0 spiro atoms. The van der Waals surface area contributed by atoms with E-state index in [-0.39, 0.29) is 71.1 Å². The first kappa shape index (κ1) is 111. The molecule has 21 atom stereocenters. The first-order chi connectivity index (χ1) is 60.1. The van der Waals surface area contributed by atoms with Gasteiger partial charge in [0.05, 0.1) is 55.8 Å². The van der Waals surface area contributed by atoms with Crippen LogP contribution >= 0.6 is 0 Å². The Morgan fingerprint density at radius 2 is 0.677 bits per heavy atom. The van der Waals surface area contributed by atoms with Crippen LogP contribution in [0.3, 0.4) is 0 Å². The Balaban J connectivity index is 0.00000106. The number of carbonyl (C=O) groups is 10. The van der Waals surface area contributed by atoms with Gasteiger partial charge in [-0.15, -0.1) is 0 Å². The molecule has 0 fully saturated rings. The average Bonchev–Trinajstić information content (AvgIpc) is 1.15. The number of nitrogens with one attached hydrogen (secondary N) is 7. The van der Waals surface area contributed by atoms with Gasteiger partial charge in [-0.3, -0.25) is 82.7 Å². The van der Waals surface area contributed by atoms with Gasteiger partial charge in [-0.1, -0.05) is 30.7 Å². The minimum Gasteiger partial charge on any atom is -0.394 e. The van der Waals surface area contributed by atoms with Crippen LogP contribution in [0.25, 0.3) is 22.8 Å². The van der Waals surface area contributed by atoms with Crippen LogP contribution in [0.15, 0.2) is 159 Å². The zero-order valence-electron chi connectivity index (χ0n) is 68.7. The number of primary amides is 1. The van der Waals surface area contributed by atoms with Crippen molar-refractivity contribution < 1.29 is 170 Å². The van der Waals surface area contributed by atoms with Crippen LogP contribution in [0, 0.1) is 6.92 Å². The summed E-state index contributed by atoms with van der Waals surface area (Å²) in [5.74, 6) is -13.6. The quantitative estimate of drug-likeness (QED) is 0.00958. The number of unbranched alkanes of at least 4 members (excludes halogenated alkanes) is 3. The van der Waals surface area contributed by atoms with E-state index < -0.39 is 226 Å². The predicted molar refractivity (Wildman–Crippen MR) is 439 cm³/mol. The van der Waals surface area contributed by atoms with Crippen LogP contribution in [0.2, 0.25) is 0 Å². The third kappa shape index (κ3) is 37.7. The Morgan fingerprint density at radius 1 is 0.362 bits per heavy atom. The van der Waals surface area contributed by atoms with E-state index in [1.807, 2.05) is 102 Å². The molecule has 45 nitrogen and oxygen atoms in total. The SMILES string of the molecule is Cc1ccncc1.NC(=O)C(CCCCNC(=O)CCCCCN1C(=O)C=CC1=O)NC(=O)C(NC(=O)C(NC(=O)C(NC(=O)C(NC(=O)C(NC(=O)CCCc1ccncc1)C(O)C(O)C(O)CO)C(O)C(O)C(O)CO)C(O)C(O)C(O)CO)C(O)C(O)C(O)CO)C(O)C(O)C(O)CO.[Ru].c1ccc(-c2ccccn2)nc1.c1ccc(-c2ccccn2)nc1. The number of imide groups is 1. The Kier molecular flexibility index (Phi) is 51.7. The molecule has 127 heavy (non-hydrogen) atoms. The van der Waals surface area contributed by atoms with E-state index in [4.69, 9.17) is 5.73 Å². The van der Waals surface area contributed by atoms with Gasteiger partial charge in [0.1, 0.15) is 128 Å². The van der Waals surface area contributed by atoms with E-state index >= 15 is 0 Å². The monoisotopic (exact) mass is 1880 g/mol. The van der Waals surface area contributed by atoms with Gasteiger partial charge in [-0.05, 0) is 136 Å². The number of hydrogen-bond acceptors (Lipinski definition) is 36. The zero-order valence-corrected chi connectivity index (χ0v) is 70.5. The smallest absolute Gasteiger partial charge is 0.253 e. The summed E-state index contributed by atoms with van der Waals surface area (Å²) < 4.78 is 0. The van der Waals surface area contributed by atoms with E-state index in [9.17, 15) is 150 Å². The first-order valence-corrected chi connectivity index (χ1v) is 39.6. The third-order valence-electron chi connectivity index (χ3n) is 19.0. The number of aromatic nitrogens is 6. The third-order valence-corrected chi connectivity index (χ3v) is 19.0. The summed E-state index contributed by atoms with van der Waals surface area (Å²) in [7, 11) is 0. The topological polar surface area (TPSA) is 766 Å². The molecule has 21 unspecified atom stereocenters. The molecule has 0 bridgehead atoms. The number of carbonyl (C=O) groups excluding carboxylic acids is 10. The molecule has 10 amide bonds. The van der Waals surface area contributed by atoms with Gasteiger partial charge in [0.2, 0.25) is 47.3 Å². The average molecular weight is 1880 g/mol. The number of aliphatic hydroxyl groups is 20. The zero-order chi connectivity index (χ0) is 93.5. The molecule has 700 valence electrons. The molecule has 6 aromatic heterocycles. The fourth-order valence-electron chi connectivity index (χ4n) is 11.6. The van der Waals surface area contributed by atoms with Gasteiger partial charge >= 0.3 is 0 Å². The summed E-state index contributed by atoms with van der Waals surface area (Å²) in [6, 6.07) is 14.2. The molecule has 46 heteroatoms. The fourth-order valence-corrected chi connectivity index (χ4v) is 11.6. The molecular weight excluding hydrogens is 1760 g/mol. The summed E-state index contributed by atoms with van der Waals surface area (Å²) >= 11 is 0. The molecule has 0 aliphatic carbocycles. The van der Waals surface area contributed by atoms with Crippen molar-refractivity contribution in [3.05, 3.63) is 170 Å². The van der Waals surface area contributed by atoms with E-state index in [2.05, 4.69) is 35.2 Å². The number of aliphatic hydroxyl groups excluding tert-OH is 20. The van der Waals surface area contributed by atoms with Crippen LogP contribution < -0.4 is 43.0 Å². The summed E-state index contributed by atoms with van der Waals surface area (Å²) in [4.78, 5) is 159. The Bertz CT molecular complexity index is 4100. The molecule has 6 aromatic rings. The minimum atomic E-state index is -3.08. The second-order valence-electron chi connectivity index (χ2n) is 28.5. The molecule has 0 saturated carbocycles. The maximum Gasteiger partial charge on any atom is 0.253 e. The molecule has 0 saturated heterocycles. The van der Waals surface area contributed by atoms with Crippen molar-refractivity contribution in [1.82, 2.24) is 72.0 Å². The molecule has 7 heterocycles. The molecule has 1 aliphatic rings. The van der Waals surface area contributed by atoms with Gasteiger partial charge < -0.3 is 145 Å². The van der Waals surface area contributed by atoms with Crippen molar-refractivity contribution in [2.45, 2.75) is 199 Å². The maximum absolute atomic E-state index is 14.5. The second-order valence-corrected chi connectivity index (χ2v) is 28.5. The van der Waals surface area contributed by atoms with Gasteiger partial charge in [-0.2, -0.15) is 0 Å². The molecule has 1 aliphatic heterocycles. The minimum absolute atomic E-state index is 0. The van der Waals surface area contributed by atoms with Crippen molar-refractivity contribution >= 4 is 59.1 Å². The van der Waals surface area contributed by atoms with Crippen molar-refractivity contribution in [2.75, 3.05) is 46.1 Å². The van der Waals surface area contributed by atoms with E-state index in [1.54, 1.807) is 70.6 Å². The van der Waals surface area contributed by atoms with Crippen molar-refractivity contribution in [3.8, 4) is 22.8 Å². The van der Waals surface area contributed by atoms with Gasteiger partial charge in [0.15, 0.2) is 0 Å². The summed E-state index contributed by atoms with van der Waals surface area (Å²) in [5, 5.41) is 223. The number of rotatable bonds is 49. The van der Waals surface area contributed by atoms with Crippen molar-refractivity contribution in [3.63, 3.8) is 0 Å². The van der Waals surface area contributed by atoms with E-state index in [0.29, 0.717) is 24.8 Å². The first-order valence-electron chi connectivity index (χ1n) is 39.6.